The van der Waals surface area contributed by atoms with E-state index in [-0.39, 0.29) is 31.5 Å². The molecule has 2 unspecified atom stereocenters. The fraction of sp³-hybridized carbons (Fsp3) is 0.348. The third kappa shape index (κ3) is 5.67. The molecule has 0 aliphatic carbocycles. The van der Waals surface area contributed by atoms with E-state index in [1.165, 1.54) is 42.3 Å². The molecule has 2 aromatic carbocycles. The van der Waals surface area contributed by atoms with Crippen LogP contribution in [0.2, 0.25) is 0 Å². The quantitative estimate of drug-likeness (QED) is 0.654. The normalized spacial score (nSPS) is 17.8. The van der Waals surface area contributed by atoms with Crippen LogP contribution in [0.25, 0.3) is 0 Å². The van der Waals surface area contributed by atoms with Gasteiger partial charge < -0.3 is 19.6 Å². The predicted molar refractivity (Wildman–Crippen MR) is 110 cm³/mol. The van der Waals surface area contributed by atoms with E-state index in [1.54, 1.807) is 18.2 Å². The number of aliphatic hydroxyl groups is 1. The molecule has 1 N–H and O–H groups in total. The van der Waals surface area contributed by atoms with Gasteiger partial charge in [-0.05, 0) is 17.7 Å². The number of hydrogen-bond donors (Lipinski definition) is 1. The van der Waals surface area contributed by atoms with Crippen molar-refractivity contribution in [3.63, 3.8) is 0 Å². The first-order valence-corrected chi connectivity index (χ1v) is 10.1. The van der Waals surface area contributed by atoms with Gasteiger partial charge >= 0.3 is 5.97 Å². The highest BCUT2D eigenvalue weighted by atomic mass is 19.1. The Morgan fingerprint density at radius 3 is 2.28 bits per heavy atom. The standard InChI is InChI=1S/C23H24F2N2O5/c1-26(12-16-7-3-5-9-19(16)25)22(30)14-32-23(31)20-11-17(28)13-27(20)21(29)10-15-6-2-4-8-18(15)24/h2-9,17,20,28H,10-14H2,1H3. The number of benzene rings is 2. The summed E-state index contributed by atoms with van der Waals surface area (Å²) in [5.74, 6) is -2.91. The third-order valence-corrected chi connectivity index (χ3v) is 5.30. The van der Waals surface area contributed by atoms with E-state index in [0.717, 1.165) is 4.90 Å². The molecule has 0 radical (unpaired) electrons. The first kappa shape index (κ1) is 23.3. The Hall–Kier alpha value is -3.33. The van der Waals surface area contributed by atoms with Gasteiger partial charge in [0.1, 0.15) is 17.7 Å². The molecule has 9 heteroatoms. The van der Waals surface area contributed by atoms with Crippen molar-refractivity contribution in [3.8, 4) is 0 Å². The second kappa shape index (κ2) is 10.3. The molecular weight excluding hydrogens is 422 g/mol. The number of likely N-dealkylation sites (tertiary alicyclic amines) is 1. The summed E-state index contributed by atoms with van der Waals surface area (Å²) in [6.07, 6.45) is -1.24. The Labute approximate surface area is 184 Å². The van der Waals surface area contributed by atoms with Gasteiger partial charge in [0.25, 0.3) is 5.91 Å². The molecule has 3 rings (SSSR count). The fourth-order valence-electron chi connectivity index (χ4n) is 3.53. The number of likely N-dealkylation sites (N-methyl/N-ethyl adjacent to an activating group) is 1. The molecule has 1 fully saturated rings. The fourth-order valence-corrected chi connectivity index (χ4v) is 3.53. The van der Waals surface area contributed by atoms with Crippen molar-refractivity contribution >= 4 is 17.8 Å². The molecule has 2 aromatic rings. The van der Waals surface area contributed by atoms with Crippen molar-refractivity contribution in [2.75, 3.05) is 20.2 Å². The second-order valence-corrected chi connectivity index (χ2v) is 7.67. The van der Waals surface area contributed by atoms with E-state index in [9.17, 15) is 28.3 Å². The summed E-state index contributed by atoms with van der Waals surface area (Å²) in [6, 6.07) is 10.7. The number of hydrogen-bond acceptors (Lipinski definition) is 5. The molecule has 1 aliphatic heterocycles. The van der Waals surface area contributed by atoms with E-state index >= 15 is 0 Å². The summed E-state index contributed by atoms with van der Waals surface area (Å²) >= 11 is 0. The molecule has 1 aliphatic rings. The molecule has 0 spiro atoms. The summed E-state index contributed by atoms with van der Waals surface area (Å²) in [5.41, 5.74) is 0.495. The van der Waals surface area contributed by atoms with Crippen molar-refractivity contribution in [2.45, 2.75) is 31.5 Å². The van der Waals surface area contributed by atoms with Gasteiger partial charge in [0.15, 0.2) is 6.61 Å². The molecule has 0 bridgehead atoms. The topological polar surface area (TPSA) is 87.2 Å². The second-order valence-electron chi connectivity index (χ2n) is 7.67. The van der Waals surface area contributed by atoms with Gasteiger partial charge in [-0.3, -0.25) is 9.59 Å². The summed E-state index contributed by atoms with van der Waals surface area (Å²) < 4.78 is 32.7. The molecule has 2 atom stereocenters. The number of carbonyl (C=O) groups is 3. The molecule has 2 amide bonds. The molecule has 170 valence electrons. The smallest absolute Gasteiger partial charge is 0.329 e. The number of rotatable bonds is 7. The van der Waals surface area contributed by atoms with Crippen molar-refractivity contribution < 1.29 is 33.0 Å². The number of ether oxygens (including phenoxy) is 1. The molecule has 1 saturated heterocycles. The Balaban J connectivity index is 1.57. The number of aliphatic hydroxyl groups excluding tert-OH is 1. The Kier molecular flexibility index (Phi) is 7.53. The highest BCUT2D eigenvalue weighted by Crippen LogP contribution is 2.21. The highest BCUT2D eigenvalue weighted by molar-refractivity contribution is 5.88. The van der Waals surface area contributed by atoms with Crippen molar-refractivity contribution in [1.29, 1.82) is 0 Å². The van der Waals surface area contributed by atoms with E-state index < -0.39 is 48.2 Å². The summed E-state index contributed by atoms with van der Waals surface area (Å²) in [7, 11) is 1.45. The van der Waals surface area contributed by atoms with E-state index in [1.807, 2.05) is 0 Å². The van der Waals surface area contributed by atoms with E-state index in [4.69, 9.17) is 4.74 Å². The molecule has 0 saturated carbocycles. The van der Waals surface area contributed by atoms with E-state index in [2.05, 4.69) is 0 Å². The van der Waals surface area contributed by atoms with Gasteiger partial charge in [-0.15, -0.1) is 0 Å². The SMILES string of the molecule is CN(Cc1ccccc1F)C(=O)COC(=O)C1CC(O)CN1C(=O)Cc1ccccc1F. The molecule has 7 nitrogen and oxygen atoms in total. The average molecular weight is 446 g/mol. The maximum absolute atomic E-state index is 13.9. The van der Waals surface area contributed by atoms with Crippen LogP contribution < -0.4 is 0 Å². The number of amides is 2. The summed E-state index contributed by atoms with van der Waals surface area (Å²) in [6.45, 7) is -0.682. The minimum atomic E-state index is -1.08. The minimum Gasteiger partial charge on any atom is -0.454 e. The number of nitrogens with zero attached hydrogens (tertiary/aromatic N) is 2. The van der Waals surface area contributed by atoms with Gasteiger partial charge in [-0.25, -0.2) is 13.6 Å². The molecular formula is C23H24F2N2O5. The van der Waals surface area contributed by atoms with Crippen molar-refractivity contribution in [3.05, 3.63) is 71.3 Å². The average Bonchev–Trinajstić information content (AvgIpc) is 3.17. The van der Waals surface area contributed by atoms with Crippen molar-refractivity contribution in [1.82, 2.24) is 9.80 Å². The zero-order valence-corrected chi connectivity index (χ0v) is 17.5. The zero-order chi connectivity index (χ0) is 23.3. The number of carbonyl (C=O) groups excluding carboxylic acids is 3. The van der Waals surface area contributed by atoms with Crippen LogP contribution in [-0.4, -0.2) is 65.0 Å². The predicted octanol–water partition coefficient (Wildman–Crippen LogP) is 1.67. The van der Waals surface area contributed by atoms with Gasteiger partial charge in [0.2, 0.25) is 5.91 Å². The van der Waals surface area contributed by atoms with Crippen LogP contribution >= 0.6 is 0 Å². The van der Waals surface area contributed by atoms with E-state index in [0.29, 0.717) is 5.56 Å². The van der Waals surface area contributed by atoms with Gasteiger partial charge in [0, 0.05) is 32.1 Å². The number of halogens is 2. The zero-order valence-electron chi connectivity index (χ0n) is 17.5. The van der Waals surface area contributed by atoms with Crippen LogP contribution in [0.3, 0.4) is 0 Å². The Morgan fingerprint density at radius 2 is 1.66 bits per heavy atom. The lowest BCUT2D eigenvalue weighted by molar-refractivity contribution is -0.158. The van der Waals surface area contributed by atoms with Crippen LogP contribution in [-0.2, 0) is 32.1 Å². The van der Waals surface area contributed by atoms with Crippen molar-refractivity contribution in [2.24, 2.45) is 0 Å². The number of β-amino-alcohol motifs (C(OH)–C–C–N with tert-alkyl or cyclic N) is 1. The Bertz CT molecular complexity index is 1000. The minimum absolute atomic E-state index is 0.00154. The van der Waals surface area contributed by atoms with Gasteiger partial charge in [-0.1, -0.05) is 36.4 Å². The maximum Gasteiger partial charge on any atom is 0.329 e. The van der Waals surface area contributed by atoms with Crippen LogP contribution in [0.15, 0.2) is 48.5 Å². The highest BCUT2D eigenvalue weighted by Gasteiger charge is 2.40. The number of esters is 1. The first-order chi connectivity index (χ1) is 15.3. The van der Waals surface area contributed by atoms with Crippen LogP contribution in [0.1, 0.15) is 17.5 Å². The van der Waals surface area contributed by atoms with Crippen LogP contribution in [0.5, 0.6) is 0 Å². The van der Waals surface area contributed by atoms with Crippen LogP contribution in [0.4, 0.5) is 8.78 Å². The molecule has 32 heavy (non-hydrogen) atoms. The summed E-state index contributed by atoms with van der Waals surface area (Å²) in [4.78, 5) is 39.8. The maximum atomic E-state index is 13.9. The lowest BCUT2D eigenvalue weighted by atomic mass is 10.1. The van der Waals surface area contributed by atoms with Gasteiger partial charge in [-0.2, -0.15) is 0 Å². The van der Waals surface area contributed by atoms with Crippen LogP contribution in [0, 0.1) is 11.6 Å². The van der Waals surface area contributed by atoms with Gasteiger partial charge in [0.05, 0.1) is 12.5 Å². The lowest BCUT2D eigenvalue weighted by Gasteiger charge is -2.24. The monoisotopic (exact) mass is 446 g/mol. The largest absolute Gasteiger partial charge is 0.454 e. The first-order valence-electron chi connectivity index (χ1n) is 10.1. The Morgan fingerprint density at radius 1 is 1.06 bits per heavy atom. The molecule has 1 heterocycles. The lowest BCUT2D eigenvalue weighted by Crippen LogP contribution is -2.43. The summed E-state index contributed by atoms with van der Waals surface area (Å²) in [5, 5.41) is 9.96. The third-order valence-electron chi connectivity index (χ3n) is 5.30. The molecule has 0 aromatic heterocycles.